The van der Waals surface area contributed by atoms with Crippen molar-refractivity contribution in [1.82, 2.24) is 30.3 Å². The largest absolute Gasteiger partial charge is 0.342 e. The fourth-order valence-corrected chi connectivity index (χ4v) is 4.30. The molecule has 3 atom stereocenters. The van der Waals surface area contributed by atoms with Gasteiger partial charge >= 0.3 is 0 Å². The van der Waals surface area contributed by atoms with Crippen LogP contribution in [0.3, 0.4) is 0 Å². The van der Waals surface area contributed by atoms with Gasteiger partial charge in [0.2, 0.25) is 5.91 Å². The van der Waals surface area contributed by atoms with Crippen molar-refractivity contribution in [3.05, 3.63) is 42.1 Å². The number of amides is 1. The average Bonchev–Trinajstić information content (AvgIpc) is 3.37. The van der Waals surface area contributed by atoms with E-state index in [1.165, 1.54) is 0 Å². The Morgan fingerprint density at radius 2 is 2.18 bits per heavy atom. The Balaban J connectivity index is 1.52. The number of carbonyl (C=O) groups is 1. The van der Waals surface area contributed by atoms with Gasteiger partial charge in [-0.25, -0.2) is 9.97 Å². The van der Waals surface area contributed by atoms with Crippen molar-refractivity contribution in [3.63, 3.8) is 0 Å². The number of carbonyl (C=O) groups excluding carboxylic acids is 1. The smallest absolute Gasteiger partial charge is 0.228 e. The number of nitrogens with zero attached hydrogens (tertiary/aromatic N) is 4. The number of piperidine rings is 1. The van der Waals surface area contributed by atoms with Crippen molar-refractivity contribution in [2.24, 2.45) is 5.92 Å². The highest BCUT2D eigenvalue weighted by Crippen LogP contribution is 2.28. The van der Waals surface area contributed by atoms with Crippen molar-refractivity contribution in [1.29, 1.82) is 0 Å². The molecule has 2 aromatic heterocycles. The molecule has 0 radical (unpaired) electrons. The molecule has 4 heterocycles. The van der Waals surface area contributed by atoms with Gasteiger partial charge in [-0.15, -0.1) is 0 Å². The maximum absolute atomic E-state index is 13.0. The van der Waals surface area contributed by atoms with Crippen LogP contribution in [0.2, 0.25) is 0 Å². The Morgan fingerprint density at radius 1 is 1.32 bits per heavy atom. The lowest BCUT2D eigenvalue weighted by Crippen LogP contribution is -2.45. The van der Waals surface area contributed by atoms with Gasteiger partial charge in [0.05, 0.1) is 5.92 Å². The normalized spacial score (nSPS) is 25.4. The van der Waals surface area contributed by atoms with Crippen LogP contribution in [-0.4, -0.2) is 51.0 Å². The predicted octanol–water partition coefficient (Wildman–Crippen LogP) is 2.21. The van der Waals surface area contributed by atoms with E-state index in [0.717, 1.165) is 43.3 Å². The number of rotatable bonds is 4. The summed E-state index contributed by atoms with van der Waals surface area (Å²) in [5.74, 6) is 2.79. The van der Waals surface area contributed by atoms with Crippen LogP contribution in [-0.2, 0) is 4.79 Å². The minimum atomic E-state index is 0.0117. The molecule has 2 aromatic rings. The van der Waals surface area contributed by atoms with Crippen LogP contribution in [0, 0.1) is 5.92 Å². The summed E-state index contributed by atoms with van der Waals surface area (Å²) in [6.07, 6.45) is 5.89. The zero-order valence-electron chi connectivity index (χ0n) is 16.9. The second-order valence-electron chi connectivity index (χ2n) is 8.27. The molecular weight excluding hydrogens is 352 g/mol. The first kappa shape index (κ1) is 19.1. The average molecular weight is 383 g/mol. The summed E-state index contributed by atoms with van der Waals surface area (Å²) in [7, 11) is 0. The van der Waals surface area contributed by atoms with Crippen LogP contribution in [0.5, 0.6) is 0 Å². The molecule has 2 aliphatic heterocycles. The highest BCUT2D eigenvalue weighted by atomic mass is 16.2. The molecule has 4 rings (SSSR count). The van der Waals surface area contributed by atoms with Crippen LogP contribution >= 0.6 is 0 Å². The zero-order valence-corrected chi connectivity index (χ0v) is 16.9. The lowest BCUT2D eigenvalue weighted by Gasteiger charge is -2.34. The van der Waals surface area contributed by atoms with Crippen LogP contribution in [0.4, 0.5) is 0 Å². The number of nitrogens with one attached hydrogen (secondary N) is 2. The lowest BCUT2D eigenvalue weighted by atomic mass is 9.92. The second kappa shape index (κ2) is 8.01. The molecule has 3 unspecified atom stereocenters. The predicted molar refractivity (Wildman–Crippen MR) is 108 cm³/mol. The van der Waals surface area contributed by atoms with Gasteiger partial charge in [-0.1, -0.05) is 19.9 Å². The maximum Gasteiger partial charge on any atom is 0.228 e. The molecular formula is C21H30N6O. The topological polar surface area (TPSA) is 75.1 Å². The highest BCUT2D eigenvalue weighted by Gasteiger charge is 2.35. The van der Waals surface area contributed by atoms with Gasteiger partial charge in [0, 0.05) is 55.6 Å². The molecule has 0 spiro atoms. The Hall–Kier alpha value is -2.25. The van der Waals surface area contributed by atoms with E-state index in [1.807, 2.05) is 23.4 Å². The Labute approximate surface area is 166 Å². The summed E-state index contributed by atoms with van der Waals surface area (Å²) < 4.78 is 2.07. The van der Waals surface area contributed by atoms with Crippen LogP contribution in [0.15, 0.2) is 30.6 Å². The Kier molecular flexibility index (Phi) is 5.46. The zero-order chi connectivity index (χ0) is 19.7. The molecule has 1 amide bonds. The molecule has 7 nitrogen and oxygen atoms in total. The SMILES string of the molecule is CC(C)c1nccn1-c1cccc(C2CCCN(C(=O)C3CNNC3C)C2)n1. The summed E-state index contributed by atoms with van der Waals surface area (Å²) >= 11 is 0. The molecule has 2 fully saturated rings. The standard InChI is InChI=1S/C21H30N6O/c1-14(2)20-22-9-11-27(20)19-8-4-7-18(24-19)16-6-5-10-26(13-16)21(28)17-12-23-25-15(17)3/h4,7-9,11,14-17,23,25H,5-6,10,12-13H2,1-3H3. The minimum Gasteiger partial charge on any atom is -0.342 e. The number of hydrogen-bond acceptors (Lipinski definition) is 5. The number of likely N-dealkylation sites (tertiary alicyclic amines) is 1. The van der Waals surface area contributed by atoms with Gasteiger partial charge < -0.3 is 4.90 Å². The molecule has 0 aromatic carbocycles. The number of hydrazine groups is 1. The quantitative estimate of drug-likeness (QED) is 0.848. The van der Waals surface area contributed by atoms with E-state index in [9.17, 15) is 4.79 Å². The first-order chi connectivity index (χ1) is 13.5. The molecule has 2 saturated heterocycles. The highest BCUT2D eigenvalue weighted by molar-refractivity contribution is 5.80. The first-order valence-corrected chi connectivity index (χ1v) is 10.3. The Bertz CT molecular complexity index is 832. The summed E-state index contributed by atoms with van der Waals surface area (Å²) in [4.78, 5) is 24.4. The number of pyridine rings is 1. The summed E-state index contributed by atoms with van der Waals surface area (Å²) in [6, 6.07) is 6.36. The lowest BCUT2D eigenvalue weighted by molar-refractivity contribution is -0.136. The summed E-state index contributed by atoms with van der Waals surface area (Å²) in [5.41, 5.74) is 7.32. The van der Waals surface area contributed by atoms with E-state index in [-0.39, 0.29) is 23.8 Å². The molecule has 28 heavy (non-hydrogen) atoms. The van der Waals surface area contributed by atoms with Crippen molar-refractivity contribution in [3.8, 4) is 5.82 Å². The van der Waals surface area contributed by atoms with Crippen molar-refractivity contribution in [2.75, 3.05) is 19.6 Å². The van der Waals surface area contributed by atoms with Gasteiger partial charge in [-0.3, -0.25) is 20.2 Å². The molecule has 0 bridgehead atoms. The van der Waals surface area contributed by atoms with Gasteiger partial charge in [-0.05, 0) is 31.9 Å². The third-order valence-electron chi connectivity index (χ3n) is 5.91. The fourth-order valence-electron chi connectivity index (χ4n) is 4.30. The van der Waals surface area contributed by atoms with E-state index < -0.39 is 0 Å². The van der Waals surface area contributed by atoms with E-state index in [1.54, 1.807) is 0 Å². The van der Waals surface area contributed by atoms with Gasteiger partial charge in [0.1, 0.15) is 11.6 Å². The molecule has 2 N–H and O–H groups in total. The fraction of sp³-hybridized carbons (Fsp3) is 0.571. The monoisotopic (exact) mass is 382 g/mol. The van der Waals surface area contributed by atoms with Gasteiger partial charge in [0.25, 0.3) is 0 Å². The summed E-state index contributed by atoms with van der Waals surface area (Å²) in [6.45, 7) is 8.64. The van der Waals surface area contributed by atoms with E-state index >= 15 is 0 Å². The van der Waals surface area contributed by atoms with Crippen LogP contribution < -0.4 is 10.9 Å². The van der Waals surface area contributed by atoms with Crippen LogP contribution in [0.1, 0.15) is 57.0 Å². The second-order valence-corrected chi connectivity index (χ2v) is 8.27. The minimum absolute atomic E-state index is 0.0117. The number of aromatic nitrogens is 3. The molecule has 0 aliphatic carbocycles. The van der Waals surface area contributed by atoms with E-state index in [4.69, 9.17) is 4.98 Å². The van der Waals surface area contributed by atoms with Crippen molar-refractivity contribution >= 4 is 5.91 Å². The summed E-state index contributed by atoms with van der Waals surface area (Å²) in [5, 5.41) is 0. The molecule has 0 saturated carbocycles. The van der Waals surface area contributed by atoms with Crippen molar-refractivity contribution in [2.45, 2.75) is 51.5 Å². The third kappa shape index (κ3) is 3.69. The molecule has 7 heteroatoms. The first-order valence-electron chi connectivity index (χ1n) is 10.3. The number of hydrogen-bond donors (Lipinski definition) is 2. The van der Waals surface area contributed by atoms with Crippen molar-refractivity contribution < 1.29 is 4.79 Å². The van der Waals surface area contributed by atoms with Gasteiger partial charge in [0.15, 0.2) is 0 Å². The van der Waals surface area contributed by atoms with Gasteiger partial charge in [-0.2, -0.15) is 0 Å². The van der Waals surface area contributed by atoms with E-state index in [2.05, 4.69) is 53.3 Å². The number of imidazole rings is 1. The molecule has 150 valence electrons. The van der Waals surface area contributed by atoms with Crippen LogP contribution in [0.25, 0.3) is 5.82 Å². The maximum atomic E-state index is 13.0. The Morgan fingerprint density at radius 3 is 2.93 bits per heavy atom. The van der Waals surface area contributed by atoms with E-state index in [0.29, 0.717) is 12.5 Å². The molecule has 2 aliphatic rings. The third-order valence-corrected chi connectivity index (χ3v) is 5.91.